The van der Waals surface area contributed by atoms with Crippen molar-refractivity contribution in [1.82, 2.24) is 10.2 Å². The Morgan fingerprint density at radius 1 is 1.04 bits per heavy atom. The van der Waals surface area contributed by atoms with Crippen LogP contribution in [0.5, 0.6) is 5.75 Å². The minimum Gasteiger partial charge on any atom is -0.483 e. The summed E-state index contributed by atoms with van der Waals surface area (Å²) in [4.78, 5) is 12.1. The van der Waals surface area contributed by atoms with E-state index < -0.39 is 0 Å². The maximum atomic E-state index is 12.1. The Kier molecular flexibility index (Phi) is 5.09. The number of carbonyl (C=O) groups is 1. The van der Waals surface area contributed by atoms with Gasteiger partial charge in [0.2, 0.25) is 5.13 Å². The van der Waals surface area contributed by atoms with Gasteiger partial charge in [-0.25, -0.2) is 0 Å². The highest BCUT2D eigenvalue weighted by atomic mass is 32.1. The average molecular weight is 353 g/mol. The molecule has 1 aromatic heterocycles. The Bertz CT molecular complexity index is 888. The molecule has 25 heavy (non-hydrogen) atoms. The van der Waals surface area contributed by atoms with E-state index >= 15 is 0 Å². The lowest BCUT2D eigenvalue weighted by molar-refractivity contribution is -0.118. The van der Waals surface area contributed by atoms with Crippen LogP contribution in [0.1, 0.15) is 16.7 Å². The third-order valence-electron chi connectivity index (χ3n) is 3.67. The molecule has 0 saturated carbocycles. The van der Waals surface area contributed by atoms with Gasteiger partial charge in [0.1, 0.15) is 10.8 Å². The summed E-state index contributed by atoms with van der Waals surface area (Å²) >= 11 is 1.34. The van der Waals surface area contributed by atoms with Gasteiger partial charge < -0.3 is 4.74 Å². The SMILES string of the molecule is Cc1ccc(-c2nnc(NC(=O)COc3cc(C)ccc3C)s2)cc1. The minimum absolute atomic E-state index is 0.0657. The van der Waals surface area contributed by atoms with Crippen molar-refractivity contribution >= 4 is 22.4 Å². The molecule has 0 fully saturated rings. The van der Waals surface area contributed by atoms with Gasteiger partial charge in [-0.15, -0.1) is 10.2 Å². The molecule has 3 aromatic rings. The number of benzene rings is 2. The Balaban J connectivity index is 1.60. The van der Waals surface area contributed by atoms with Gasteiger partial charge in [0.25, 0.3) is 5.91 Å². The van der Waals surface area contributed by atoms with Gasteiger partial charge in [0, 0.05) is 5.56 Å². The van der Waals surface area contributed by atoms with Crippen LogP contribution in [0.3, 0.4) is 0 Å². The lowest BCUT2D eigenvalue weighted by Crippen LogP contribution is -2.20. The van der Waals surface area contributed by atoms with E-state index in [1.165, 1.54) is 16.9 Å². The van der Waals surface area contributed by atoms with E-state index in [1.54, 1.807) is 0 Å². The summed E-state index contributed by atoms with van der Waals surface area (Å²) in [5.74, 6) is 0.459. The van der Waals surface area contributed by atoms with Gasteiger partial charge >= 0.3 is 0 Å². The standard InChI is InChI=1S/C19H19N3O2S/c1-12-5-8-15(9-6-12)18-21-22-19(25-18)20-17(23)11-24-16-10-13(2)4-7-14(16)3/h4-10H,11H2,1-3H3,(H,20,22,23). The van der Waals surface area contributed by atoms with Crippen molar-refractivity contribution in [3.63, 3.8) is 0 Å². The quantitative estimate of drug-likeness (QED) is 0.748. The number of aryl methyl sites for hydroxylation is 3. The Labute approximate surface area is 150 Å². The molecule has 0 saturated heterocycles. The van der Waals surface area contributed by atoms with Crippen LogP contribution in [-0.2, 0) is 4.79 Å². The first-order valence-electron chi connectivity index (χ1n) is 7.92. The highest BCUT2D eigenvalue weighted by Crippen LogP contribution is 2.26. The summed E-state index contributed by atoms with van der Waals surface area (Å²) < 4.78 is 5.60. The van der Waals surface area contributed by atoms with Crippen molar-refractivity contribution in [3.8, 4) is 16.3 Å². The van der Waals surface area contributed by atoms with Gasteiger partial charge in [-0.1, -0.05) is 53.3 Å². The zero-order chi connectivity index (χ0) is 17.8. The monoisotopic (exact) mass is 353 g/mol. The number of rotatable bonds is 5. The van der Waals surface area contributed by atoms with Crippen LogP contribution in [0.2, 0.25) is 0 Å². The normalized spacial score (nSPS) is 10.5. The first-order chi connectivity index (χ1) is 12.0. The highest BCUT2D eigenvalue weighted by Gasteiger charge is 2.11. The molecule has 1 amide bonds. The number of nitrogens with zero attached hydrogens (tertiary/aromatic N) is 2. The van der Waals surface area contributed by atoms with E-state index in [4.69, 9.17) is 4.74 Å². The second-order valence-electron chi connectivity index (χ2n) is 5.88. The Morgan fingerprint density at radius 2 is 1.76 bits per heavy atom. The summed E-state index contributed by atoms with van der Waals surface area (Å²) in [5.41, 5.74) is 4.25. The van der Waals surface area contributed by atoms with Crippen LogP contribution in [0.4, 0.5) is 5.13 Å². The summed E-state index contributed by atoms with van der Waals surface area (Å²) in [6.45, 7) is 5.90. The maximum Gasteiger partial charge on any atom is 0.264 e. The van der Waals surface area contributed by atoms with E-state index in [0.29, 0.717) is 10.9 Å². The molecule has 0 aliphatic carbocycles. The van der Waals surface area contributed by atoms with Crippen molar-refractivity contribution in [2.45, 2.75) is 20.8 Å². The number of aromatic nitrogens is 2. The first kappa shape index (κ1) is 17.1. The third-order valence-corrected chi connectivity index (χ3v) is 4.56. The molecule has 128 valence electrons. The largest absolute Gasteiger partial charge is 0.483 e. The molecule has 0 spiro atoms. The topological polar surface area (TPSA) is 64.1 Å². The average Bonchev–Trinajstić information content (AvgIpc) is 3.05. The zero-order valence-corrected chi connectivity index (χ0v) is 15.2. The molecule has 0 aliphatic rings. The first-order valence-corrected chi connectivity index (χ1v) is 8.73. The number of carbonyl (C=O) groups excluding carboxylic acids is 1. The summed E-state index contributed by atoms with van der Waals surface area (Å²) in [6.07, 6.45) is 0. The fourth-order valence-corrected chi connectivity index (χ4v) is 3.01. The predicted molar refractivity (Wildman–Crippen MR) is 100 cm³/mol. The molecule has 5 nitrogen and oxygen atoms in total. The fourth-order valence-electron chi connectivity index (χ4n) is 2.25. The van der Waals surface area contributed by atoms with E-state index in [-0.39, 0.29) is 12.5 Å². The second-order valence-corrected chi connectivity index (χ2v) is 6.86. The second kappa shape index (κ2) is 7.44. The summed E-state index contributed by atoms with van der Waals surface area (Å²) in [5, 5.41) is 12.1. The van der Waals surface area contributed by atoms with Crippen molar-refractivity contribution in [1.29, 1.82) is 0 Å². The molecule has 0 atom stereocenters. The molecule has 0 bridgehead atoms. The number of ether oxygens (including phenoxy) is 1. The van der Waals surface area contributed by atoms with Crippen LogP contribution in [0.15, 0.2) is 42.5 Å². The Hall–Kier alpha value is -2.73. The van der Waals surface area contributed by atoms with Gasteiger partial charge in [-0.2, -0.15) is 0 Å². The maximum absolute atomic E-state index is 12.1. The minimum atomic E-state index is -0.257. The van der Waals surface area contributed by atoms with Crippen LogP contribution >= 0.6 is 11.3 Å². The molecule has 2 aromatic carbocycles. The summed E-state index contributed by atoms with van der Waals surface area (Å²) in [7, 11) is 0. The molecular weight excluding hydrogens is 334 g/mol. The van der Waals surface area contributed by atoms with Gasteiger partial charge in [-0.3, -0.25) is 10.1 Å². The van der Waals surface area contributed by atoms with Crippen molar-refractivity contribution in [3.05, 3.63) is 59.2 Å². The molecular formula is C19H19N3O2S. The van der Waals surface area contributed by atoms with E-state index in [9.17, 15) is 4.79 Å². The smallest absolute Gasteiger partial charge is 0.264 e. The van der Waals surface area contributed by atoms with Crippen LogP contribution in [0, 0.1) is 20.8 Å². The Morgan fingerprint density at radius 3 is 2.52 bits per heavy atom. The number of amides is 1. The molecule has 6 heteroatoms. The van der Waals surface area contributed by atoms with Crippen LogP contribution in [-0.4, -0.2) is 22.7 Å². The number of anilines is 1. The number of nitrogens with one attached hydrogen (secondary N) is 1. The van der Waals surface area contributed by atoms with E-state index in [2.05, 4.69) is 15.5 Å². The fraction of sp³-hybridized carbons (Fsp3) is 0.211. The van der Waals surface area contributed by atoms with Crippen molar-refractivity contribution < 1.29 is 9.53 Å². The molecule has 0 aliphatic heterocycles. The van der Waals surface area contributed by atoms with Crippen LogP contribution in [0.25, 0.3) is 10.6 Å². The molecule has 1 heterocycles. The lowest BCUT2D eigenvalue weighted by atomic mass is 10.1. The third kappa shape index (κ3) is 4.42. The van der Waals surface area contributed by atoms with Gasteiger partial charge in [-0.05, 0) is 38.0 Å². The molecule has 1 N–H and O–H groups in total. The summed E-state index contributed by atoms with van der Waals surface area (Å²) in [6, 6.07) is 13.9. The molecule has 3 rings (SSSR count). The van der Waals surface area contributed by atoms with Crippen molar-refractivity contribution in [2.75, 3.05) is 11.9 Å². The zero-order valence-electron chi connectivity index (χ0n) is 14.4. The van der Waals surface area contributed by atoms with Gasteiger partial charge in [0.05, 0.1) is 0 Å². The lowest BCUT2D eigenvalue weighted by Gasteiger charge is -2.09. The van der Waals surface area contributed by atoms with E-state index in [1.807, 2.05) is 63.2 Å². The highest BCUT2D eigenvalue weighted by molar-refractivity contribution is 7.18. The molecule has 0 unspecified atom stereocenters. The number of hydrogen-bond acceptors (Lipinski definition) is 5. The van der Waals surface area contributed by atoms with Gasteiger partial charge in [0.15, 0.2) is 6.61 Å². The van der Waals surface area contributed by atoms with Crippen LogP contribution < -0.4 is 10.1 Å². The predicted octanol–water partition coefficient (Wildman–Crippen LogP) is 4.15. The van der Waals surface area contributed by atoms with Crippen molar-refractivity contribution in [2.24, 2.45) is 0 Å². The number of hydrogen-bond donors (Lipinski definition) is 1. The van der Waals surface area contributed by atoms with E-state index in [0.717, 1.165) is 21.7 Å². The molecule has 0 radical (unpaired) electrons.